The van der Waals surface area contributed by atoms with Gasteiger partial charge in [0.05, 0.1) is 6.33 Å². The van der Waals surface area contributed by atoms with Gasteiger partial charge in [-0.05, 0) is 18.8 Å². The highest BCUT2D eigenvalue weighted by Crippen LogP contribution is 2.18. The van der Waals surface area contributed by atoms with Crippen LogP contribution in [0.25, 0.3) is 0 Å². The Kier molecular flexibility index (Phi) is 4.41. The number of carbonyl (C=O) groups is 3. The Morgan fingerprint density at radius 2 is 2.29 bits per heavy atom. The van der Waals surface area contributed by atoms with Gasteiger partial charge < -0.3 is 26.0 Å². The summed E-state index contributed by atoms with van der Waals surface area (Å²) in [5, 5.41) is 11.5. The summed E-state index contributed by atoms with van der Waals surface area (Å²) in [6.45, 7) is 1.37. The van der Waals surface area contributed by atoms with Gasteiger partial charge in [0.2, 0.25) is 0 Å². The second-order valence-corrected chi connectivity index (χ2v) is 4.94. The molecule has 0 aliphatic carbocycles. The largest absolute Gasteiger partial charge is 0.477 e. The van der Waals surface area contributed by atoms with E-state index in [1.54, 1.807) is 4.90 Å². The van der Waals surface area contributed by atoms with Crippen molar-refractivity contribution in [1.82, 2.24) is 20.2 Å². The number of carboxylic acids is 1. The first-order valence-electron chi connectivity index (χ1n) is 6.58. The highest BCUT2D eigenvalue weighted by atomic mass is 16.4. The molecule has 0 aromatic carbocycles. The molecule has 1 aromatic rings. The third-order valence-electron chi connectivity index (χ3n) is 3.43. The molecule has 2 heterocycles. The minimum absolute atomic E-state index is 0.0917. The van der Waals surface area contributed by atoms with E-state index >= 15 is 0 Å². The first-order chi connectivity index (χ1) is 9.99. The third-order valence-corrected chi connectivity index (χ3v) is 3.43. The summed E-state index contributed by atoms with van der Waals surface area (Å²) < 4.78 is 0. The molecular weight excluding hydrogens is 278 g/mol. The molecule has 0 saturated carbocycles. The number of carbonyl (C=O) groups excluding carboxylic acids is 2. The molecule has 0 radical (unpaired) electrons. The van der Waals surface area contributed by atoms with Gasteiger partial charge in [-0.1, -0.05) is 0 Å². The normalized spacial score (nSPS) is 18.3. The summed E-state index contributed by atoms with van der Waals surface area (Å²) in [5.41, 5.74) is 4.72. The third kappa shape index (κ3) is 3.50. The van der Waals surface area contributed by atoms with Crippen LogP contribution < -0.4 is 11.1 Å². The summed E-state index contributed by atoms with van der Waals surface area (Å²) in [7, 11) is 0. The Hall–Kier alpha value is -2.58. The summed E-state index contributed by atoms with van der Waals surface area (Å²) in [4.78, 5) is 41.9. The van der Waals surface area contributed by atoms with E-state index in [0.29, 0.717) is 19.6 Å². The van der Waals surface area contributed by atoms with E-state index in [2.05, 4.69) is 15.3 Å². The molecule has 1 unspecified atom stereocenters. The number of H-pyrrole nitrogens is 1. The zero-order chi connectivity index (χ0) is 15.4. The number of rotatable bonds is 4. The first kappa shape index (κ1) is 14.8. The first-order valence-corrected chi connectivity index (χ1v) is 6.58. The lowest BCUT2D eigenvalue weighted by Gasteiger charge is -2.32. The number of hydrogen-bond donors (Lipinski definition) is 4. The number of primary amides is 1. The fourth-order valence-electron chi connectivity index (χ4n) is 2.43. The molecule has 1 fully saturated rings. The molecule has 9 nitrogen and oxygen atoms in total. The molecule has 9 heteroatoms. The van der Waals surface area contributed by atoms with Gasteiger partial charge in [-0.3, -0.25) is 4.79 Å². The van der Waals surface area contributed by atoms with Crippen molar-refractivity contribution in [2.24, 2.45) is 11.7 Å². The van der Waals surface area contributed by atoms with Crippen molar-refractivity contribution in [3.05, 3.63) is 17.7 Å². The van der Waals surface area contributed by atoms with Gasteiger partial charge in [-0.15, -0.1) is 0 Å². The van der Waals surface area contributed by atoms with Crippen LogP contribution in [0.5, 0.6) is 0 Å². The average molecular weight is 295 g/mol. The lowest BCUT2D eigenvalue weighted by atomic mass is 9.97. The van der Waals surface area contributed by atoms with Crippen LogP contribution in [-0.2, 0) is 0 Å². The molecule has 1 aromatic heterocycles. The van der Waals surface area contributed by atoms with Crippen LogP contribution in [-0.4, -0.2) is 57.5 Å². The minimum atomic E-state index is -1.22. The van der Waals surface area contributed by atoms with Crippen molar-refractivity contribution in [2.45, 2.75) is 12.8 Å². The molecule has 0 spiro atoms. The Bertz CT molecular complexity index is 556. The average Bonchev–Trinajstić information content (AvgIpc) is 2.94. The summed E-state index contributed by atoms with van der Waals surface area (Å²) in [6, 6.07) is -0.598. The Balaban J connectivity index is 2.03. The predicted octanol–water partition coefficient (Wildman–Crippen LogP) is -0.372. The molecule has 2 rings (SSSR count). The predicted molar refractivity (Wildman–Crippen MR) is 71.8 cm³/mol. The molecule has 114 valence electrons. The van der Waals surface area contributed by atoms with Crippen LogP contribution in [0, 0.1) is 5.92 Å². The zero-order valence-electron chi connectivity index (χ0n) is 11.3. The number of urea groups is 1. The zero-order valence-corrected chi connectivity index (χ0v) is 11.3. The monoisotopic (exact) mass is 295 g/mol. The molecule has 5 N–H and O–H groups in total. The maximum Gasteiger partial charge on any atom is 0.354 e. The quantitative estimate of drug-likeness (QED) is 0.599. The number of hydrogen-bond acceptors (Lipinski definition) is 4. The van der Waals surface area contributed by atoms with Gasteiger partial charge in [0, 0.05) is 19.6 Å². The number of amides is 3. The molecule has 21 heavy (non-hydrogen) atoms. The van der Waals surface area contributed by atoms with Gasteiger partial charge in [0.15, 0.2) is 11.4 Å². The van der Waals surface area contributed by atoms with Gasteiger partial charge >= 0.3 is 12.0 Å². The van der Waals surface area contributed by atoms with Crippen molar-refractivity contribution >= 4 is 17.9 Å². The van der Waals surface area contributed by atoms with Crippen molar-refractivity contribution in [3.8, 4) is 0 Å². The number of aromatic nitrogens is 2. The summed E-state index contributed by atoms with van der Waals surface area (Å²) >= 11 is 0. The van der Waals surface area contributed by atoms with Gasteiger partial charge in [0.25, 0.3) is 5.91 Å². The van der Waals surface area contributed by atoms with Gasteiger partial charge in [-0.25, -0.2) is 14.6 Å². The molecular formula is C12H17N5O4. The highest BCUT2D eigenvalue weighted by molar-refractivity contribution is 6.02. The number of aromatic amines is 1. The second-order valence-electron chi connectivity index (χ2n) is 4.94. The number of aromatic carboxylic acids is 1. The number of nitrogens with one attached hydrogen (secondary N) is 2. The van der Waals surface area contributed by atoms with E-state index in [0.717, 1.165) is 12.8 Å². The number of carboxylic acid groups (broad SMARTS) is 1. The molecule has 3 amide bonds. The van der Waals surface area contributed by atoms with Crippen LogP contribution >= 0.6 is 0 Å². The number of piperidine rings is 1. The van der Waals surface area contributed by atoms with Crippen molar-refractivity contribution in [2.75, 3.05) is 19.6 Å². The van der Waals surface area contributed by atoms with E-state index in [-0.39, 0.29) is 17.3 Å². The number of nitrogens with zero attached hydrogens (tertiary/aromatic N) is 2. The Morgan fingerprint density at radius 1 is 1.52 bits per heavy atom. The summed E-state index contributed by atoms with van der Waals surface area (Å²) in [6.07, 6.45) is 2.84. The van der Waals surface area contributed by atoms with E-state index in [1.165, 1.54) is 6.33 Å². The van der Waals surface area contributed by atoms with Crippen LogP contribution in [0.15, 0.2) is 6.33 Å². The number of likely N-dealkylation sites (tertiary alicyclic amines) is 1. The topological polar surface area (TPSA) is 141 Å². The fraction of sp³-hybridized carbons (Fsp3) is 0.500. The van der Waals surface area contributed by atoms with Crippen LogP contribution in [0.2, 0.25) is 0 Å². The lowest BCUT2D eigenvalue weighted by molar-refractivity contribution is 0.0636. The molecule has 1 atom stereocenters. The van der Waals surface area contributed by atoms with E-state index < -0.39 is 17.9 Å². The maximum absolute atomic E-state index is 12.3. The molecule has 1 saturated heterocycles. The Morgan fingerprint density at radius 3 is 2.95 bits per heavy atom. The smallest absolute Gasteiger partial charge is 0.354 e. The highest BCUT2D eigenvalue weighted by Gasteiger charge is 2.28. The van der Waals surface area contributed by atoms with Gasteiger partial charge in [0.1, 0.15) is 0 Å². The minimum Gasteiger partial charge on any atom is -0.477 e. The van der Waals surface area contributed by atoms with Crippen molar-refractivity contribution in [1.29, 1.82) is 0 Å². The van der Waals surface area contributed by atoms with Crippen molar-refractivity contribution < 1.29 is 19.5 Å². The van der Waals surface area contributed by atoms with Crippen LogP contribution in [0.1, 0.15) is 33.8 Å². The second kappa shape index (κ2) is 6.25. The SMILES string of the molecule is NC(=O)NCC1CCCN(C(=O)c2nc[nH]c2C(=O)O)C1. The molecule has 0 bridgehead atoms. The Labute approximate surface area is 120 Å². The van der Waals surface area contributed by atoms with Crippen LogP contribution in [0.3, 0.4) is 0 Å². The van der Waals surface area contributed by atoms with E-state index in [9.17, 15) is 14.4 Å². The lowest BCUT2D eigenvalue weighted by Crippen LogP contribution is -2.44. The molecule has 1 aliphatic rings. The van der Waals surface area contributed by atoms with Crippen molar-refractivity contribution in [3.63, 3.8) is 0 Å². The summed E-state index contributed by atoms with van der Waals surface area (Å²) in [5.74, 6) is -1.54. The fourth-order valence-corrected chi connectivity index (χ4v) is 2.43. The molecule has 1 aliphatic heterocycles. The van der Waals surface area contributed by atoms with Gasteiger partial charge in [-0.2, -0.15) is 0 Å². The maximum atomic E-state index is 12.3. The van der Waals surface area contributed by atoms with E-state index in [1.807, 2.05) is 0 Å². The standard InChI is InChI=1S/C12H17N5O4/c13-12(21)14-4-7-2-1-3-17(5-7)10(18)8-9(11(19)20)16-6-15-8/h6-7H,1-5H2,(H,15,16)(H,19,20)(H3,13,14,21). The van der Waals surface area contributed by atoms with E-state index in [4.69, 9.17) is 10.8 Å². The van der Waals surface area contributed by atoms with Crippen LogP contribution in [0.4, 0.5) is 4.79 Å². The number of imidazole rings is 1. The number of nitrogens with two attached hydrogens (primary N) is 1.